The van der Waals surface area contributed by atoms with Crippen LogP contribution in [0.5, 0.6) is 5.75 Å². The molecule has 3 aromatic rings. The first-order valence-electron chi connectivity index (χ1n) is 11.5. The molecule has 4 rings (SSSR count). The highest BCUT2D eigenvalue weighted by molar-refractivity contribution is 5.96. The minimum atomic E-state index is -4.45. The Balaban J connectivity index is 1.46. The maximum Gasteiger partial charge on any atom is 0.416 e. The van der Waals surface area contributed by atoms with Crippen molar-refractivity contribution in [1.82, 2.24) is 9.80 Å². The van der Waals surface area contributed by atoms with E-state index in [-0.39, 0.29) is 17.4 Å². The number of methoxy groups -OCH3 is 1. The highest BCUT2D eigenvalue weighted by Gasteiger charge is 2.33. The van der Waals surface area contributed by atoms with Crippen LogP contribution in [-0.2, 0) is 11.0 Å². The highest BCUT2D eigenvalue weighted by Crippen LogP contribution is 2.30. The van der Waals surface area contributed by atoms with Gasteiger partial charge in [0.2, 0.25) is 5.91 Å². The number of hydrogen-bond acceptors (Lipinski definition) is 4. The van der Waals surface area contributed by atoms with Crippen LogP contribution in [0.1, 0.15) is 27.5 Å². The van der Waals surface area contributed by atoms with Gasteiger partial charge < -0.3 is 15.0 Å². The molecule has 1 atom stereocenters. The van der Waals surface area contributed by atoms with Crippen molar-refractivity contribution in [2.45, 2.75) is 12.2 Å². The van der Waals surface area contributed by atoms with Crippen LogP contribution in [0.25, 0.3) is 0 Å². The molecule has 36 heavy (non-hydrogen) atoms. The molecule has 0 bridgehead atoms. The molecule has 1 heterocycles. The Morgan fingerprint density at radius 3 is 2.17 bits per heavy atom. The van der Waals surface area contributed by atoms with Gasteiger partial charge in [0.1, 0.15) is 11.8 Å². The van der Waals surface area contributed by atoms with Crippen LogP contribution < -0.4 is 10.1 Å². The molecule has 3 aromatic carbocycles. The van der Waals surface area contributed by atoms with Crippen LogP contribution in [-0.4, -0.2) is 54.9 Å². The largest absolute Gasteiger partial charge is 0.497 e. The molecule has 1 N–H and O–H groups in total. The molecule has 2 amide bonds. The van der Waals surface area contributed by atoms with Gasteiger partial charge in [-0.1, -0.05) is 36.4 Å². The summed E-state index contributed by atoms with van der Waals surface area (Å²) in [6.07, 6.45) is -4.45. The van der Waals surface area contributed by atoms with Crippen LogP contribution in [0.15, 0.2) is 78.9 Å². The molecule has 0 radical (unpaired) electrons. The average Bonchev–Trinajstić information content (AvgIpc) is 2.89. The van der Waals surface area contributed by atoms with Gasteiger partial charge in [-0.2, -0.15) is 13.2 Å². The number of amides is 2. The number of alkyl halides is 3. The van der Waals surface area contributed by atoms with E-state index in [4.69, 9.17) is 4.74 Å². The maximum atomic E-state index is 13.4. The third-order valence-corrected chi connectivity index (χ3v) is 6.13. The van der Waals surface area contributed by atoms with Crippen LogP contribution in [0.2, 0.25) is 0 Å². The quantitative estimate of drug-likeness (QED) is 0.529. The number of anilines is 1. The zero-order valence-corrected chi connectivity index (χ0v) is 19.7. The Kier molecular flexibility index (Phi) is 7.59. The zero-order valence-electron chi connectivity index (χ0n) is 19.7. The first kappa shape index (κ1) is 25.2. The van der Waals surface area contributed by atoms with Crippen molar-refractivity contribution in [3.8, 4) is 5.75 Å². The molecule has 1 aliphatic heterocycles. The number of piperazine rings is 1. The van der Waals surface area contributed by atoms with Gasteiger partial charge in [0.05, 0.1) is 12.7 Å². The van der Waals surface area contributed by atoms with Gasteiger partial charge in [-0.15, -0.1) is 0 Å². The Morgan fingerprint density at radius 1 is 0.889 bits per heavy atom. The summed E-state index contributed by atoms with van der Waals surface area (Å²) in [5.74, 6) is 0.0805. The predicted octanol–water partition coefficient (Wildman–Crippen LogP) is 4.85. The number of nitrogens with one attached hydrogen (secondary N) is 1. The van der Waals surface area contributed by atoms with E-state index in [9.17, 15) is 22.8 Å². The van der Waals surface area contributed by atoms with Gasteiger partial charge in [-0.25, -0.2) is 0 Å². The fraction of sp³-hybridized carbons (Fsp3) is 0.259. The molecule has 1 aliphatic rings. The van der Waals surface area contributed by atoms with Gasteiger partial charge in [-0.05, 0) is 42.0 Å². The van der Waals surface area contributed by atoms with Crippen molar-refractivity contribution >= 4 is 17.5 Å². The van der Waals surface area contributed by atoms with E-state index in [1.165, 1.54) is 12.1 Å². The van der Waals surface area contributed by atoms with Gasteiger partial charge in [0.15, 0.2) is 0 Å². The summed E-state index contributed by atoms with van der Waals surface area (Å²) in [4.78, 5) is 29.9. The van der Waals surface area contributed by atoms with E-state index in [0.29, 0.717) is 37.6 Å². The molecule has 9 heteroatoms. The molecule has 1 unspecified atom stereocenters. The molecule has 0 saturated carbocycles. The number of benzene rings is 3. The summed E-state index contributed by atoms with van der Waals surface area (Å²) in [6, 6.07) is 20.1. The Hall–Kier alpha value is -3.85. The number of rotatable bonds is 6. The van der Waals surface area contributed by atoms with Crippen molar-refractivity contribution in [3.05, 3.63) is 95.6 Å². The van der Waals surface area contributed by atoms with E-state index in [2.05, 4.69) is 5.32 Å². The lowest BCUT2D eigenvalue weighted by Gasteiger charge is -2.38. The molecule has 1 fully saturated rings. The number of nitrogens with zero attached hydrogens (tertiary/aromatic N) is 2. The summed E-state index contributed by atoms with van der Waals surface area (Å²) < 4.78 is 43.7. The number of ether oxygens (including phenoxy) is 1. The SMILES string of the molecule is COc1cccc(NC(=O)C(c2ccccc2)N2CCN(C(=O)c3ccc(C(F)(F)F)cc3)CC2)c1. The maximum absolute atomic E-state index is 13.4. The van der Waals surface area contributed by atoms with Crippen molar-refractivity contribution in [3.63, 3.8) is 0 Å². The van der Waals surface area contributed by atoms with E-state index < -0.39 is 17.8 Å². The van der Waals surface area contributed by atoms with Gasteiger partial charge in [0.25, 0.3) is 5.91 Å². The molecule has 1 saturated heterocycles. The van der Waals surface area contributed by atoms with E-state index in [1.54, 1.807) is 36.3 Å². The molecule has 0 aromatic heterocycles. The van der Waals surface area contributed by atoms with E-state index >= 15 is 0 Å². The molecular weight excluding hydrogens is 471 g/mol. The monoisotopic (exact) mass is 497 g/mol. The lowest BCUT2D eigenvalue weighted by atomic mass is 10.0. The molecule has 188 valence electrons. The number of carbonyl (C=O) groups excluding carboxylic acids is 2. The molecule has 6 nitrogen and oxygen atoms in total. The van der Waals surface area contributed by atoms with Gasteiger partial charge in [-0.3, -0.25) is 14.5 Å². The fourth-order valence-electron chi connectivity index (χ4n) is 4.24. The predicted molar refractivity (Wildman–Crippen MR) is 130 cm³/mol. The lowest BCUT2D eigenvalue weighted by Crippen LogP contribution is -2.51. The molecule has 0 spiro atoms. The van der Waals surface area contributed by atoms with Crippen molar-refractivity contribution in [2.75, 3.05) is 38.6 Å². The minimum absolute atomic E-state index is 0.201. The van der Waals surface area contributed by atoms with Crippen molar-refractivity contribution in [2.24, 2.45) is 0 Å². The van der Waals surface area contributed by atoms with Crippen LogP contribution in [0.4, 0.5) is 18.9 Å². The van der Waals surface area contributed by atoms with Gasteiger partial charge >= 0.3 is 6.18 Å². The summed E-state index contributed by atoms with van der Waals surface area (Å²) in [5.41, 5.74) is 0.834. The topological polar surface area (TPSA) is 61.9 Å². The van der Waals surface area contributed by atoms with Crippen molar-refractivity contribution in [1.29, 1.82) is 0 Å². The Labute approximate surface area is 207 Å². The first-order valence-corrected chi connectivity index (χ1v) is 11.5. The molecular formula is C27H26F3N3O3. The molecule has 0 aliphatic carbocycles. The summed E-state index contributed by atoms with van der Waals surface area (Å²) in [5, 5.41) is 2.96. The summed E-state index contributed by atoms with van der Waals surface area (Å²) in [6.45, 7) is 1.54. The average molecular weight is 498 g/mol. The fourth-order valence-corrected chi connectivity index (χ4v) is 4.24. The van der Waals surface area contributed by atoms with Crippen LogP contribution in [0.3, 0.4) is 0 Å². The van der Waals surface area contributed by atoms with Crippen LogP contribution in [0, 0.1) is 0 Å². The first-order chi connectivity index (χ1) is 17.3. The van der Waals surface area contributed by atoms with Crippen LogP contribution >= 0.6 is 0 Å². The lowest BCUT2D eigenvalue weighted by molar-refractivity contribution is -0.137. The normalized spacial score (nSPS) is 15.3. The highest BCUT2D eigenvalue weighted by atomic mass is 19.4. The number of hydrogen-bond donors (Lipinski definition) is 1. The van der Waals surface area contributed by atoms with E-state index in [1.807, 2.05) is 35.2 Å². The standard InChI is InChI=1S/C27H26F3N3O3/c1-36-23-9-5-8-22(18-23)31-25(34)24(19-6-3-2-4-7-19)32-14-16-33(17-15-32)26(35)20-10-12-21(13-11-20)27(28,29)30/h2-13,18,24H,14-17H2,1H3,(H,31,34). The second-order valence-electron chi connectivity index (χ2n) is 8.44. The Bertz CT molecular complexity index is 1190. The zero-order chi connectivity index (χ0) is 25.7. The smallest absolute Gasteiger partial charge is 0.416 e. The number of halogens is 3. The third kappa shape index (κ3) is 5.85. The minimum Gasteiger partial charge on any atom is -0.497 e. The number of carbonyl (C=O) groups is 2. The third-order valence-electron chi connectivity index (χ3n) is 6.13. The van der Waals surface area contributed by atoms with Crippen molar-refractivity contribution < 1.29 is 27.5 Å². The summed E-state index contributed by atoms with van der Waals surface area (Å²) in [7, 11) is 1.55. The second-order valence-corrected chi connectivity index (χ2v) is 8.44. The second kappa shape index (κ2) is 10.8. The van der Waals surface area contributed by atoms with Gasteiger partial charge in [0, 0.05) is 43.5 Å². The summed E-state index contributed by atoms with van der Waals surface area (Å²) >= 11 is 0. The van der Waals surface area contributed by atoms with E-state index in [0.717, 1.165) is 17.7 Å². The Morgan fingerprint density at radius 2 is 1.56 bits per heavy atom.